The van der Waals surface area contributed by atoms with Gasteiger partial charge in [-0.3, -0.25) is 14.5 Å². The van der Waals surface area contributed by atoms with Crippen LogP contribution in [-0.2, 0) is 21.2 Å². The third-order valence-corrected chi connectivity index (χ3v) is 8.67. The summed E-state index contributed by atoms with van der Waals surface area (Å²) in [6, 6.07) is 11.0. The fourth-order valence-electron chi connectivity index (χ4n) is 4.09. The Labute approximate surface area is 192 Å². The van der Waals surface area contributed by atoms with Crippen LogP contribution >= 0.6 is 11.8 Å². The van der Waals surface area contributed by atoms with Crippen LogP contribution in [0.5, 0.6) is 0 Å². The van der Waals surface area contributed by atoms with Crippen molar-refractivity contribution in [3.05, 3.63) is 54.0 Å². The van der Waals surface area contributed by atoms with Crippen molar-refractivity contribution in [1.29, 1.82) is 0 Å². The third kappa shape index (κ3) is 5.73. The minimum absolute atomic E-state index is 0.0530. The Balaban J connectivity index is 1.30. The third-order valence-electron chi connectivity index (χ3n) is 5.84. The zero-order valence-electron chi connectivity index (χ0n) is 17.7. The molecule has 1 atom stereocenters. The van der Waals surface area contributed by atoms with E-state index in [4.69, 9.17) is 4.42 Å². The Hall–Kier alpha value is -2.30. The van der Waals surface area contributed by atoms with Gasteiger partial charge in [0.05, 0.1) is 35.6 Å². The maximum absolute atomic E-state index is 13.2. The molecule has 2 saturated heterocycles. The number of thioether (sulfide) groups is 1. The van der Waals surface area contributed by atoms with Gasteiger partial charge in [0.2, 0.25) is 5.91 Å². The Kier molecular flexibility index (Phi) is 7.22. The predicted octanol–water partition coefficient (Wildman–Crippen LogP) is 1.63. The van der Waals surface area contributed by atoms with Gasteiger partial charge >= 0.3 is 0 Å². The average Bonchev–Trinajstić information content (AvgIpc) is 3.45. The highest BCUT2D eigenvalue weighted by Gasteiger charge is 2.34. The fraction of sp³-hybridized carbons (Fsp3) is 0.455. The molecule has 2 aliphatic rings. The lowest BCUT2D eigenvalue weighted by atomic mass is 10.1. The first-order valence-electron chi connectivity index (χ1n) is 10.7. The van der Waals surface area contributed by atoms with E-state index in [0.717, 1.165) is 4.90 Å². The lowest BCUT2D eigenvalue weighted by Crippen LogP contribution is -2.52. The average molecular weight is 478 g/mol. The van der Waals surface area contributed by atoms with Crippen LogP contribution < -0.4 is 5.32 Å². The Morgan fingerprint density at radius 1 is 1.09 bits per heavy atom. The van der Waals surface area contributed by atoms with Gasteiger partial charge in [0.1, 0.15) is 5.76 Å². The molecule has 2 amide bonds. The molecule has 1 aromatic heterocycles. The van der Waals surface area contributed by atoms with E-state index in [2.05, 4.69) is 10.2 Å². The van der Waals surface area contributed by atoms with E-state index in [1.165, 1.54) is 11.8 Å². The molecule has 1 aromatic carbocycles. The first-order valence-corrected chi connectivity index (χ1v) is 13.5. The molecule has 1 N–H and O–H groups in total. The summed E-state index contributed by atoms with van der Waals surface area (Å²) in [7, 11) is -2.92. The summed E-state index contributed by atoms with van der Waals surface area (Å²) in [6.45, 7) is 2.82. The van der Waals surface area contributed by atoms with Gasteiger partial charge in [0.25, 0.3) is 5.91 Å². The van der Waals surface area contributed by atoms with Crippen LogP contribution in [0.1, 0.15) is 22.5 Å². The molecule has 10 heteroatoms. The lowest BCUT2D eigenvalue weighted by molar-refractivity contribution is -0.118. The second kappa shape index (κ2) is 10.1. The predicted molar refractivity (Wildman–Crippen MR) is 122 cm³/mol. The molecule has 2 aliphatic heterocycles. The molecule has 2 aromatic rings. The summed E-state index contributed by atoms with van der Waals surface area (Å²) < 4.78 is 28.7. The van der Waals surface area contributed by atoms with E-state index in [9.17, 15) is 18.0 Å². The zero-order chi connectivity index (χ0) is 22.6. The second-order valence-electron chi connectivity index (χ2n) is 8.03. The van der Waals surface area contributed by atoms with E-state index in [1.54, 1.807) is 24.5 Å². The largest absolute Gasteiger partial charge is 0.467 e. The van der Waals surface area contributed by atoms with Crippen LogP contribution in [0, 0.1) is 0 Å². The Bertz CT molecular complexity index is 1050. The molecule has 0 spiro atoms. The number of carbonyl (C=O) groups is 2. The van der Waals surface area contributed by atoms with Gasteiger partial charge in [-0.1, -0.05) is 12.1 Å². The molecule has 0 radical (unpaired) electrons. The molecule has 3 heterocycles. The van der Waals surface area contributed by atoms with Gasteiger partial charge < -0.3 is 14.6 Å². The van der Waals surface area contributed by atoms with Crippen molar-refractivity contribution in [3.63, 3.8) is 0 Å². The number of amides is 2. The maximum atomic E-state index is 13.2. The molecule has 0 bridgehead atoms. The number of rotatable bonds is 7. The number of hydrogen-bond acceptors (Lipinski definition) is 7. The number of piperazine rings is 1. The van der Waals surface area contributed by atoms with Crippen LogP contribution in [-0.4, -0.2) is 79.5 Å². The van der Waals surface area contributed by atoms with Crippen molar-refractivity contribution in [2.75, 3.05) is 43.4 Å². The fourth-order valence-corrected chi connectivity index (χ4v) is 6.72. The molecular weight excluding hydrogens is 450 g/mol. The van der Waals surface area contributed by atoms with Crippen molar-refractivity contribution in [1.82, 2.24) is 15.1 Å². The molecule has 4 rings (SSSR count). The van der Waals surface area contributed by atoms with E-state index in [0.29, 0.717) is 50.5 Å². The zero-order valence-corrected chi connectivity index (χ0v) is 19.4. The van der Waals surface area contributed by atoms with Crippen molar-refractivity contribution in [3.8, 4) is 0 Å². The standard InChI is InChI=1S/C22H27N3O5S2/c26-21(23-14-18-4-3-12-30-18)15-31-20-6-2-1-5-19(20)22(27)25-10-8-24(9-11-25)17-7-13-32(28,29)16-17/h1-6,12,17H,7-11,13-16H2,(H,23,26). The smallest absolute Gasteiger partial charge is 0.255 e. The molecule has 2 fully saturated rings. The number of carbonyl (C=O) groups excluding carboxylic acids is 2. The monoisotopic (exact) mass is 477 g/mol. The number of sulfone groups is 1. The lowest BCUT2D eigenvalue weighted by Gasteiger charge is -2.37. The highest BCUT2D eigenvalue weighted by Crippen LogP contribution is 2.25. The summed E-state index contributed by atoms with van der Waals surface area (Å²) >= 11 is 1.34. The maximum Gasteiger partial charge on any atom is 0.255 e. The van der Waals surface area contributed by atoms with Gasteiger partial charge in [-0.05, 0) is 30.7 Å². The van der Waals surface area contributed by atoms with Gasteiger partial charge in [-0.25, -0.2) is 8.42 Å². The first kappa shape index (κ1) is 22.9. The summed E-state index contributed by atoms with van der Waals surface area (Å²) in [5.41, 5.74) is 0.591. The topological polar surface area (TPSA) is 99.9 Å². The molecular formula is C22H27N3O5S2. The molecule has 8 nitrogen and oxygen atoms in total. The first-order chi connectivity index (χ1) is 15.4. The summed E-state index contributed by atoms with van der Waals surface area (Å²) in [5.74, 6) is 1.19. The molecule has 1 unspecified atom stereocenters. The minimum atomic E-state index is -2.92. The quantitative estimate of drug-likeness (QED) is 0.605. The molecule has 0 saturated carbocycles. The Morgan fingerprint density at radius 3 is 2.56 bits per heavy atom. The van der Waals surface area contributed by atoms with Crippen molar-refractivity contribution < 1.29 is 22.4 Å². The minimum Gasteiger partial charge on any atom is -0.467 e. The number of hydrogen-bond donors (Lipinski definition) is 1. The number of furan rings is 1. The van der Waals surface area contributed by atoms with Gasteiger partial charge in [0.15, 0.2) is 9.84 Å². The van der Waals surface area contributed by atoms with Crippen LogP contribution in [0.25, 0.3) is 0 Å². The Morgan fingerprint density at radius 2 is 1.88 bits per heavy atom. The SMILES string of the molecule is O=C(CSc1ccccc1C(=O)N1CCN(C2CCS(=O)(=O)C2)CC1)NCc1ccco1. The van der Waals surface area contributed by atoms with Crippen molar-refractivity contribution in [2.24, 2.45) is 0 Å². The normalized spacial score (nSPS) is 20.9. The second-order valence-corrected chi connectivity index (χ2v) is 11.3. The summed E-state index contributed by atoms with van der Waals surface area (Å²) in [5, 5.41) is 2.81. The highest BCUT2D eigenvalue weighted by atomic mass is 32.2. The van der Waals surface area contributed by atoms with Crippen LogP contribution in [0.2, 0.25) is 0 Å². The molecule has 32 heavy (non-hydrogen) atoms. The van der Waals surface area contributed by atoms with E-state index in [1.807, 2.05) is 23.1 Å². The van der Waals surface area contributed by atoms with E-state index in [-0.39, 0.29) is 35.1 Å². The van der Waals surface area contributed by atoms with Gasteiger partial charge in [-0.15, -0.1) is 11.8 Å². The molecule has 0 aliphatic carbocycles. The molecule has 172 valence electrons. The van der Waals surface area contributed by atoms with Crippen LogP contribution in [0.3, 0.4) is 0 Å². The summed E-state index contributed by atoms with van der Waals surface area (Å²) in [6.07, 6.45) is 2.24. The van der Waals surface area contributed by atoms with Gasteiger partial charge in [0, 0.05) is 37.1 Å². The van der Waals surface area contributed by atoms with E-state index < -0.39 is 9.84 Å². The van der Waals surface area contributed by atoms with Crippen molar-refractivity contribution >= 4 is 33.4 Å². The number of nitrogens with one attached hydrogen (secondary N) is 1. The summed E-state index contributed by atoms with van der Waals surface area (Å²) in [4.78, 5) is 30.1. The number of benzene rings is 1. The van der Waals surface area contributed by atoms with Crippen LogP contribution in [0.4, 0.5) is 0 Å². The number of nitrogens with zero attached hydrogens (tertiary/aromatic N) is 2. The van der Waals surface area contributed by atoms with E-state index >= 15 is 0 Å². The van der Waals surface area contributed by atoms with Crippen LogP contribution in [0.15, 0.2) is 52.0 Å². The van der Waals surface area contributed by atoms with Crippen molar-refractivity contribution in [2.45, 2.75) is 23.9 Å². The van der Waals surface area contributed by atoms with Gasteiger partial charge in [-0.2, -0.15) is 0 Å². The highest BCUT2D eigenvalue weighted by molar-refractivity contribution is 8.00.